The molecular formula is C24H21NO3S. The molecule has 0 spiro atoms. The van der Waals surface area contributed by atoms with Crippen LogP contribution in [0.2, 0.25) is 0 Å². The molecule has 0 amide bonds. The van der Waals surface area contributed by atoms with E-state index in [9.17, 15) is 4.79 Å². The molecule has 0 unspecified atom stereocenters. The summed E-state index contributed by atoms with van der Waals surface area (Å²) in [6, 6.07) is 14.4. The van der Waals surface area contributed by atoms with Gasteiger partial charge in [-0.1, -0.05) is 35.9 Å². The van der Waals surface area contributed by atoms with Crippen LogP contribution in [0.3, 0.4) is 0 Å². The molecule has 29 heavy (non-hydrogen) atoms. The molecule has 5 heteroatoms. The molecule has 1 aromatic heterocycles. The van der Waals surface area contributed by atoms with Crippen LogP contribution in [0.5, 0.6) is 11.5 Å². The van der Waals surface area contributed by atoms with Crippen LogP contribution in [0, 0.1) is 13.8 Å². The monoisotopic (exact) mass is 403 g/mol. The third-order valence-electron chi connectivity index (χ3n) is 5.33. The summed E-state index contributed by atoms with van der Waals surface area (Å²) in [5, 5.41) is 1.99. The number of benzene rings is 2. The van der Waals surface area contributed by atoms with Crippen molar-refractivity contribution in [3.05, 3.63) is 86.3 Å². The maximum Gasteiger partial charge on any atom is 0.232 e. The van der Waals surface area contributed by atoms with Gasteiger partial charge in [0, 0.05) is 24.0 Å². The first kappa shape index (κ1) is 18.2. The summed E-state index contributed by atoms with van der Waals surface area (Å²) in [5.41, 5.74) is 4.99. The van der Waals surface area contributed by atoms with Crippen molar-refractivity contribution in [3.8, 4) is 11.5 Å². The normalized spacial score (nSPS) is 17.0. The number of ether oxygens (including phenoxy) is 2. The quantitative estimate of drug-likeness (QED) is 0.554. The molecule has 0 atom stereocenters. The number of ketones is 1. The minimum atomic E-state index is -0.0515. The van der Waals surface area contributed by atoms with Gasteiger partial charge in [0.15, 0.2) is 5.76 Å². The second-order valence-electron chi connectivity index (χ2n) is 7.58. The van der Waals surface area contributed by atoms with Gasteiger partial charge in [-0.2, -0.15) is 0 Å². The zero-order chi connectivity index (χ0) is 20.0. The minimum absolute atomic E-state index is 0.0515. The molecule has 5 rings (SSSR count). The number of carbonyl (C=O) groups excluding carboxylic acids is 1. The number of Topliss-reactive ketones (excluding diaryl/α,β-unsaturated/α-hetero) is 1. The number of hydrogen-bond donors (Lipinski definition) is 0. The van der Waals surface area contributed by atoms with Crippen molar-refractivity contribution < 1.29 is 14.3 Å². The van der Waals surface area contributed by atoms with Gasteiger partial charge in [0.05, 0.1) is 11.1 Å². The lowest BCUT2D eigenvalue weighted by Crippen LogP contribution is -2.31. The van der Waals surface area contributed by atoms with E-state index in [1.807, 2.05) is 36.6 Å². The number of nitrogens with zero attached hydrogens (tertiary/aromatic N) is 1. The Hall–Kier alpha value is -2.89. The van der Waals surface area contributed by atoms with Crippen LogP contribution in [0.4, 0.5) is 0 Å². The molecular weight excluding hydrogens is 382 g/mol. The van der Waals surface area contributed by atoms with Gasteiger partial charge in [-0.25, -0.2) is 0 Å². The van der Waals surface area contributed by atoms with Gasteiger partial charge in [0.1, 0.15) is 18.2 Å². The maximum atomic E-state index is 13.0. The molecule has 0 saturated heterocycles. The molecule has 0 fully saturated rings. The van der Waals surface area contributed by atoms with Gasteiger partial charge < -0.3 is 9.47 Å². The zero-order valence-electron chi connectivity index (χ0n) is 16.4. The summed E-state index contributed by atoms with van der Waals surface area (Å²) < 4.78 is 12.1. The Balaban J connectivity index is 1.46. The van der Waals surface area contributed by atoms with Crippen LogP contribution in [-0.2, 0) is 13.1 Å². The van der Waals surface area contributed by atoms with E-state index in [1.54, 1.807) is 11.3 Å². The third-order valence-corrected chi connectivity index (χ3v) is 6.15. The van der Waals surface area contributed by atoms with E-state index in [-0.39, 0.29) is 5.78 Å². The topological polar surface area (TPSA) is 38.8 Å². The second-order valence-corrected chi connectivity index (χ2v) is 8.55. The van der Waals surface area contributed by atoms with Crippen molar-refractivity contribution in [2.24, 2.45) is 0 Å². The molecule has 2 aliphatic heterocycles. The van der Waals surface area contributed by atoms with Crippen molar-refractivity contribution in [2.75, 3.05) is 6.73 Å². The van der Waals surface area contributed by atoms with Gasteiger partial charge in [-0.15, -0.1) is 11.3 Å². The first-order chi connectivity index (χ1) is 14.1. The van der Waals surface area contributed by atoms with E-state index < -0.39 is 0 Å². The predicted octanol–water partition coefficient (Wildman–Crippen LogP) is 5.33. The fourth-order valence-corrected chi connectivity index (χ4v) is 4.48. The van der Waals surface area contributed by atoms with Crippen molar-refractivity contribution in [1.29, 1.82) is 0 Å². The molecule has 3 heterocycles. The van der Waals surface area contributed by atoms with Crippen LogP contribution >= 0.6 is 11.3 Å². The van der Waals surface area contributed by atoms with Gasteiger partial charge in [0.25, 0.3) is 0 Å². The highest BCUT2D eigenvalue weighted by Crippen LogP contribution is 2.44. The van der Waals surface area contributed by atoms with E-state index in [1.165, 1.54) is 11.1 Å². The van der Waals surface area contributed by atoms with Gasteiger partial charge in [0.2, 0.25) is 5.78 Å². The summed E-state index contributed by atoms with van der Waals surface area (Å²) in [6.45, 7) is 6.02. The third kappa shape index (κ3) is 3.37. The van der Waals surface area contributed by atoms with E-state index in [0.29, 0.717) is 30.3 Å². The number of allylic oxidation sites excluding steroid dienone is 1. The predicted molar refractivity (Wildman–Crippen MR) is 114 cm³/mol. The van der Waals surface area contributed by atoms with E-state index >= 15 is 0 Å². The zero-order valence-corrected chi connectivity index (χ0v) is 17.2. The summed E-state index contributed by atoms with van der Waals surface area (Å²) in [5.74, 6) is 1.80. The highest BCUT2D eigenvalue weighted by Gasteiger charge is 2.35. The average Bonchev–Trinajstić information content (AvgIpc) is 3.33. The van der Waals surface area contributed by atoms with Gasteiger partial charge in [-0.05, 0) is 42.5 Å². The number of thiophene rings is 1. The lowest BCUT2D eigenvalue weighted by atomic mass is 9.98. The fourth-order valence-electron chi connectivity index (χ4n) is 3.83. The number of aryl methyl sites for hydroxylation is 2. The molecule has 0 bridgehead atoms. The summed E-state index contributed by atoms with van der Waals surface area (Å²) >= 11 is 1.58. The van der Waals surface area contributed by atoms with Crippen LogP contribution in [0.1, 0.15) is 37.5 Å². The number of rotatable bonds is 3. The standard InChI is InChI=1S/C24H21NO3S/c1-15-5-7-17(8-6-15)12-25-13-19-20(27-14-25)10-16(2)22-23(26)21(28-24(19)22)11-18-4-3-9-29-18/h3-11H,12-14H2,1-2H3/b21-11-. The Bertz CT molecular complexity index is 1110. The lowest BCUT2D eigenvalue weighted by molar-refractivity contribution is 0.0872. The molecule has 0 aliphatic carbocycles. The minimum Gasteiger partial charge on any atom is -0.478 e. The Morgan fingerprint density at radius 3 is 2.76 bits per heavy atom. The molecule has 146 valence electrons. The molecule has 3 aromatic rings. The molecule has 2 aliphatic rings. The molecule has 0 saturated carbocycles. The van der Waals surface area contributed by atoms with Crippen LogP contribution in [0.15, 0.2) is 53.6 Å². The fraction of sp³-hybridized carbons (Fsp3) is 0.208. The Labute approximate surface area is 174 Å². The Morgan fingerprint density at radius 1 is 1.17 bits per heavy atom. The van der Waals surface area contributed by atoms with Crippen molar-refractivity contribution in [2.45, 2.75) is 26.9 Å². The van der Waals surface area contributed by atoms with Gasteiger partial charge >= 0.3 is 0 Å². The Kier molecular flexibility index (Phi) is 4.49. The average molecular weight is 404 g/mol. The van der Waals surface area contributed by atoms with Crippen molar-refractivity contribution in [3.63, 3.8) is 0 Å². The van der Waals surface area contributed by atoms with Crippen molar-refractivity contribution >= 4 is 23.2 Å². The number of fused-ring (bicyclic) bond motifs is 3. The SMILES string of the molecule is Cc1ccc(CN2COc3cc(C)c4c(c3C2)O/C(=C\c2cccs2)C4=O)cc1. The summed E-state index contributed by atoms with van der Waals surface area (Å²) in [4.78, 5) is 16.2. The highest BCUT2D eigenvalue weighted by molar-refractivity contribution is 7.10. The second kappa shape index (κ2) is 7.17. The van der Waals surface area contributed by atoms with Crippen LogP contribution in [0.25, 0.3) is 6.08 Å². The smallest absolute Gasteiger partial charge is 0.232 e. The molecule has 0 N–H and O–H groups in total. The maximum absolute atomic E-state index is 13.0. The van der Waals surface area contributed by atoms with Gasteiger partial charge in [-0.3, -0.25) is 9.69 Å². The first-order valence-corrected chi connectivity index (χ1v) is 10.5. The largest absolute Gasteiger partial charge is 0.478 e. The van der Waals surface area contributed by atoms with E-state index in [2.05, 4.69) is 36.1 Å². The van der Waals surface area contributed by atoms with Crippen molar-refractivity contribution in [1.82, 2.24) is 4.90 Å². The lowest BCUT2D eigenvalue weighted by Gasteiger charge is -2.30. The molecule has 0 radical (unpaired) electrons. The van der Waals surface area contributed by atoms with E-state index in [0.717, 1.165) is 28.3 Å². The molecule has 2 aromatic carbocycles. The molecule has 4 nitrogen and oxygen atoms in total. The van der Waals surface area contributed by atoms with Crippen LogP contribution < -0.4 is 9.47 Å². The number of hydrogen-bond acceptors (Lipinski definition) is 5. The Morgan fingerprint density at radius 2 is 2.00 bits per heavy atom. The number of carbonyl (C=O) groups is 1. The van der Waals surface area contributed by atoms with E-state index in [4.69, 9.17) is 9.47 Å². The van der Waals surface area contributed by atoms with Crippen LogP contribution in [-0.4, -0.2) is 17.4 Å². The summed E-state index contributed by atoms with van der Waals surface area (Å²) in [7, 11) is 0. The highest BCUT2D eigenvalue weighted by atomic mass is 32.1. The summed E-state index contributed by atoms with van der Waals surface area (Å²) in [6.07, 6.45) is 1.83. The first-order valence-electron chi connectivity index (χ1n) is 9.63.